The van der Waals surface area contributed by atoms with Gasteiger partial charge in [-0.2, -0.15) is 0 Å². The van der Waals surface area contributed by atoms with E-state index in [1.165, 1.54) is 11.1 Å². The van der Waals surface area contributed by atoms with Gasteiger partial charge in [0, 0.05) is 17.5 Å². The van der Waals surface area contributed by atoms with Crippen molar-refractivity contribution in [2.75, 3.05) is 0 Å². The van der Waals surface area contributed by atoms with Crippen molar-refractivity contribution >= 4 is 29.7 Å². The summed E-state index contributed by atoms with van der Waals surface area (Å²) < 4.78 is 13.1. The molecule has 1 heterocycles. The van der Waals surface area contributed by atoms with Crippen LogP contribution in [0.4, 0.5) is 0 Å². The Morgan fingerprint density at radius 1 is 0.618 bits per heavy atom. The number of fused-ring (bicyclic) bond motifs is 2. The van der Waals surface area contributed by atoms with Crippen LogP contribution in [0.1, 0.15) is 116 Å². The predicted octanol–water partition coefficient (Wildman–Crippen LogP) is 9.39. The highest BCUT2D eigenvalue weighted by atomic mass is 32.9. The lowest BCUT2D eigenvalue weighted by atomic mass is 9.76. The zero-order valence-corrected chi connectivity index (χ0v) is 25.7. The lowest BCUT2D eigenvalue weighted by Crippen LogP contribution is -2.22. The third-order valence-corrected chi connectivity index (χ3v) is 8.24. The molecule has 0 atom stereocenters. The van der Waals surface area contributed by atoms with Crippen molar-refractivity contribution < 1.29 is 9.05 Å². The molecule has 0 saturated carbocycles. The van der Waals surface area contributed by atoms with Crippen molar-refractivity contribution in [3.8, 4) is 11.5 Å². The Morgan fingerprint density at radius 2 is 0.941 bits per heavy atom. The summed E-state index contributed by atoms with van der Waals surface area (Å²) in [7, 11) is 0. The zero-order valence-electron chi connectivity index (χ0n) is 23.1. The maximum absolute atomic E-state index is 6.54. The van der Waals surface area contributed by atoms with Crippen molar-refractivity contribution in [3.63, 3.8) is 0 Å². The monoisotopic (exact) mass is 518 g/mol. The van der Waals surface area contributed by atoms with Gasteiger partial charge in [-0.15, -0.1) is 0 Å². The van der Waals surface area contributed by atoms with Gasteiger partial charge in [0.05, 0.1) is 0 Å². The number of benzene rings is 2. The summed E-state index contributed by atoms with van der Waals surface area (Å²) in [4.78, 5) is 0. The SMILES string of the molecule is CC(C)(C)c1cc2c(c(C(C)(C)C)c1)OP(=S)(S)Oc1c(cc(C(C)(C)C)cc1C(C)(C)C)C2. The van der Waals surface area contributed by atoms with Gasteiger partial charge >= 0.3 is 5.69 Å². The Kier molecular flexibility index (Phi) is 6.96. The topological polar surface area (TPSA) is 18.5 Å². The third kappa shape index (κ3) is 5.88. The highest BCUT2D eigenvalue weighted by Crippen LogP contribution is 2.59. The summed E-state index contributed by atoms with van der Waals surface area (Å²) in [6.07, 6.45) is 0.730. The van der Waals surface area contributed by atoms with Gasteiger partial charge in [0.1, 0.15) is 11.5 Å². The normalized spacial score (nSPS) is 16.5. The first-order valence-corrected chi connectivity index (χ1v) is 16.0. The predicted molar refractivity (Wildman–Crippen MR) is 155 cm³/mol. The third-order valence-electron chi connectivity index (χ3n) is 6.47. The minimum Gasteiger partial charge on any atom is -0.428 e. The fourth-order valence-corrected chi connectivity index (χ4v) is 6.16. The number of rotatable bonds is 0. The fourth-order valence-electron chi connectivity index (χ4n) is 4.29. The molecule has 0 unspecified atom stereocenters. The molecule has 188 valence electrons. The molecule has 0 aliphatic carbocycles. The first-order valence-electron chi connectivity index (χ1n) is 12.2. The Labute approximate surface area is 218 Å². The van der Waals surface area contributed by atoms with Crippen LogP contribution < -0.4 is 9.05 Å². The summed E-state index contributed by atoms with van der Waals surface area (Å²) in [6, 6.07) is 9.19. The number of thiol groups is 1. The van der Waals surface area contributed by atoms with Gasteiger partial charge in [-0.3, -0.25) is 0 Å². The molecule has 0 aromatic heterocycles. The van der Waals surface area contributed by atoms with Crippen LogP contribution >= 0.6 is 17.9 Å². The van der Waals surface area contributed by atoms with E-state index >= 15 is 0 Å². The van der Waals surface area contributed by atoms with E-state index in [4.69, 9.17) is 33.1 Å². The van der Waals surface area contributed by atoms with E-state index in [1.807, 2.05) is 0 Å². The smallest absolute Gasteiger partial charge is 0.345 e. The van der Waals surface area contributed by atoms with E-state index in [9.17, 15) is 0 Å². The minimum atomic E-state index is -2.90. The standard InChI is InChI=1S/C29H43O2PS2/c1-26(2,3)20-14-18-13-19-15-21(27(4,5)6)17-23(29(10,11)12)25(19)31-32(33,34)30-24(18)22(16-20)28(7,8)9/h14-17H,13H2,1-12H3,(H,33,34). The van der Waals surface area contributed by atoms with Crippen LogP contribution in [-0.4, -0.2) is 0 Å². The van der Waals surface area contributed by atoms with Crippen LogP contribution in [-0.2, 0) is 39.9 Å². The molecule has 2 nitrogen and oxygen atoms in total. The van der Waals surface area contributed by atoms with Crippen molar-refractivity contribution in [2.24, 2.45) is 0 Å². The van der Waals surface area contributed by atoms with Crippen LogP contribution in [0.15, 0.2) is 24.3 Å². The van der Waals surface area contributed by atoms with Gasteiger partial charge in [0.15, 0.2) is 0 Å². The molecule has 34 heavy (non-hydrogen) atoms. The summed E-state index contributed by atoms with van der Waals surface area (Å²) in [5.41, 5.74) is 4.17. The molecule has 1 aliphatic rings. The van der Waals surface area contributed by atoms with Crippen molar-refractivity contribution in [1.29, 1.82) is 0 Å². The molecule has 2 aromatic rings. The number of hydrogen-bond donors (Lipinski definition) is 1. The highest BCUT2D eigenvalue weighted by Gasteiger charge is 2.35. The highest BCUT2D eigenvalue weighted by molar-refractivity contribution is 8.60. The van der Waals surface area contributed by atoms with Crippen LogP contribution in [0.5, 0.6) is 11.5 Å². The largest absolute Gasteiger partial charge is 0.428 e. The van der Waals surface area contributed by atoms with Gasteiger partial charge in [-0.25, -0.2) is 0 Å². The first-order chi connectivity index (χ1) is 15.1. The average Bonchev–Trinajstić information content (AvgIpc) is 2.58. The maximum Gasteiger partial charge on any atom is 0.345 e. The second kappa shape index (κ2) is 8.56. The average molecular weight is 519 g/mol. The molecule has 0 N–H and O–H groups in total. The van der Waals surface area contributed by atoms with Crippen molar-refractivity contribution in [3.05, 3.63) is 57.6 Å². The van der Waals surface area contributed by atoms with Gasteiger partial charge < -0.3 is 9.05 Å². The molecular formula is C29H43O2PS2. The molecule has 0 fully saturated rings. The van der Waals surface area contributed by atoms with Gasteiger partial charge in [0.25, 0.3) is 0 Å². The lowest BCUT2D eigenvalue weighted by molar-refractivity contribution is 0.457. The van der Waals surface area contributed by atoms with E-state index in [0.29, 0.717) is 0 Å². The second-order valence-corrected chi connectivity index (χ2v) is 19.0. The minimum absolute atomic E-state index is 0.0156. The van der Waals surface area contributed by atoms with E-state index in [-0.39, 0.29) is 21.7 Å². The van der Waals surface area contributed by atoms with Gasteiger partial charge in [-0.05, 0) is 55.7 Å². The van der Waals surface area contributed by atoms with E-state index < -0.39 is 5.69 Å². The first kappa shape index (κ1) is 27.6. The zero-order chi connectivity index (χ0) is 26.1. The second-order valence-electron chi connectivity index (χ2n) is 13.9. The summed E-state index contributed by atoms with van der Waals surface area (Å²) in [5.74, 6) is 1.70. The van der Waals surface area contributed by atoms with Crippen LogP contribution in [0.2, 0.25) is 0 Å². The van der Waals surface area contributed by atoms with Crippen molar-refractivity contribution in [1.82, 2.24) is 0 Å². The molecule has 0 amide bonds. The van der Waals surface area contributed by atoms with E-state index in [2.05, 4.69) is 107 Å². The molecule has 0 saturated heterocycles. The van der Waals surface area contributed by atoms with Crippen molar-refractivity contribution in [2.45, 2.75) is 111 Å². The maximum atomic E-state index is 6.54. The molecule has 0 spiro atoms. The Balaban J connectivity index is 2.43. The van der Waals surface area contributed by atoms with Gasteiger partial charge in [0.2, 0.25) is 0 Å². The Hall–Kier alpha value is -0.960. The molecule has 2 aromatic carbocycles. The molecule has 1 aliphatic heterocycles. The van der Waals surface area contributed by atoms with Crippen LogP contribution in [0.25, 0.3) is 0 Å². The summed E-state index contributed by atoms with van der Waals surface area (Å²) in [6.45, 7) is 26.9. The van der Waals surface area contributed by atoms with Crippen LogP contribution in [0.3, 0.4) is 0 Å². The molecule has 5 heteroatoms. The van der Waals surface area contributed by atoms with E-state index in [1.54, 1.807) is 0 Å². The molecular weight excluding hydrogens is 475 g/mol. The molecule has 0 bridgehead atoms. The Bertz CT molecular complexity index is 1070. The number of hydrogen-bond acceptors (Lipinski definition) is 3. The van der Waals surface area contributed by atoms with Crippen LogP contribution in [0, 0.1) is 0 Å². The molecule has 3 rings (SSSR count). The van der Waals surface area contributed by atoms with Gasteiger partial charge in [-0.1, -0.05) is 120 Å². The fraction of sp³-hybridized carbons (Fsp3) is 0.586. The lowest BCUT2D eigenvalue weighted by Gasteiger charge is -2.35. The van der Waals surface area contributed by atoms with E-state index in [0.717, 1.165) is 40.2 Å². The Morgan fingerprint density at radius 3 is 1.21 bits per heavy atom. The summed E-state index contributed by atoms with van der Waals surface area (Å²) in [5, 5.41) is 0. The quantitative estimate of drug-likeness (QED) is 0.277. The summed E-state index contributed by atoms with van der Waals surface area (Å²) >= 11 is 10.7. The molecule has 0 radical (unpaired) electrons.